The Morgan fingerprint density at radius 1 is 0.939 bits per heavy atom. The van der Waals surface area contributed by atoms with Crippen molar-refractivity contribution in [3.8, 4) is 0 Å². The van der Waals surface area contributed by atoms with E-state index in [9.17, 15) is 49.1 Å². The second-order valence-corrected chi connectivity index (χ2v) is 7.07. The van der Waals surface area contributed by atoms with Crippen molar-refractivity contribution in [1.82, 2.24) is 5.32 Å². The van der Waals surface area contributed by atoms with E-state index in [-0.39, 0.29) is 24.2 Å². The summed E-state index contributed by atoms with van der Waals surface area (Å²) in [6, 6.07) is 3.45. The third-order valence-electron chi connectivity index (χ3n) is 4.50. The fourth-order valence-corrected chi connectivity index (χ4v) is 2.55. The number of benzene rings is 1. The zero-order valence-corrected chi connectivity index (χ0v) is 17.0. The summed E-state index contributed by atoms with van der Waals surface area (Å²) < 4.78 is 121. The molecule has 0 saturated carbocycles. The van der Waals surface area contributed by atoms with Crippen molar-refractivity contribution in [2.24, 2.45) is 0 Å². The third kappa shape index (κ3) is 6.90. The molecule has 1 aromatic carbocycles. The summed E-state index contributed by atoms with van der Waals surface area (Å²) in [5, 5.41) is 11.1. The van der Waals surface area contributed by atoms with Gasteiger partial charge in [-0.05, 0) is 24.0 Å². The number of carboxylic acid groups (broad SMARTS) is 1. The van der Waals surface area contributed by atoms with Crippen molar-refractivity contribution in [2.75, 3.05) is 0 Å². The predicted octanol–water partition coefficient (Wildman–Crippen LogP) is 5.57. The number of hydrogen-bond acceptors (Lipinski definition) is 3. The van der Waals surface area contributed by atoms with E-state index in [0.29, 0.717) is 6.42 Å². The van der Waals surface area contributed by atoms with E-state index in [0.717, 1.165) is 12.1 Å². The molecule has 2 N–H and O–H groups in total. The standard InChI is InChI=1S/C19H20F9NO4/c1-2-3-13(14(30)31)29-15(32)33-10-12-6-4-11(5-7-12)8-9-16(20,21)17(22,23)18(24,25)19(26,27)28/h4-7,13H,2-3,8-10H2,1H3,(H,29,32)(H,30,31)/t13-/m0/s1. The summed E-state index contributed by atoms with van der Waals surface area (Å²) >= 11 is 0. The molecule has 0 saturated heterocycles. The number of halogens is 9. The molecule has 0 bridgehead atoms. The molecule has 0 aliphatic carbocycles. The second kappa shape index (κ2) is 10.5. The number of nitrogens with one attached hydrogen (secondary N) is 1. The van der Waals surface area contributed by atoms with E-state index in [1.165, 1.54) is 12.1 Å². The van der Waals surface area contributed by atoms with Crippen LogP contribution in [0.15, 0.2) is 24.3 Å². The van der Waals surface area contributed by atoms with Crippen molar-refractivity contribution < 1.29 is 58.9 Å². The maximum absolute atomic E-state index is 13.6. The molecule has 0 aliphatic heterocycles. The highest BCUT2D eigenvalue weighted by Crippen LogP contribution is 2.54. The van der Waals surface area contributed by atoms with Crippen LogP contribution in [-0.2, 0) is 22.6 Å². The lowest BCUT2D eigenvalue weighted by Gasteiger charge is -2.33. The lowest BCUT2D eigenvalue weighted by Crippen LogP contribution is -2.60. The number of ether oxygens (including phenoxy) is 1. The van der Waals surface area contributed by atoms with E-state index in [2.05, 4.69) is 5.32 Å². The molecule has 0 unspecified atom stereocenters. The minimum Gasteiger partial charge on any atom is -0.480 e. The van der Waals surface area contributed by atoms with Gasteiger partial charge in [-0.25, -0.2) is 9.59 Å². The number of hydrogen-bond donors (Lipinski definition) is 2. The van der Waals surface area contributed by atoms with Gasteiger partial charge in [-0.1, -0.05) is 37.6 Å². The van der Waals surface area contributed by atoms with Gasteiger partial charge in [0.15, 0.2) is 0 Å². The van der Waals surface area contributed by atoms with Crippen LogP contribution in [0.25, 0.3) is 0 Å². The summed E-state index contributed by atoms with van der Waals surface area (Å²) in [6.45, 7) is 1.32. The number of carbonyl (C=O) groups is 2. The first kappa shape index (κ1) is 28.4. The molecule has 0 radical (unpaired) electrons. The van der Waals surface area contributed by atoms with E-state index < -0.39 is 54.9 Å². The molecule has 1 atom stereocenters. The third-order valence-corrected chi connectivity index (χ3v) is 4.50. The molecule has 0 aromatic heterocycles. The van der Waals surface area contributed by atoms with Crippen LogP contribution in [0.4, 0.5) is 44.3 Å². The molecule has 188 valence electrons. The van der Waals surface area contributed by atoms with Crippen molar-refractivity contribution >= 4 is 12.1 Å². The monoisotopic (exact) mass is 497 g/mol. The van der Waals surface area contributed by atoms with Gasteiger partial charge < -0.3 is 15.2 Å². The predicted molar refractivity (Wildman–Crippen MR) is 95.3 cm³/mol. The van der Waals surface area contributed by atoms with Gasteiger partial charge in [0.05, 0.1) is 0 Å². The Labute approximate surface area is 181 Å². The topological polar surface area (TPSA) is 75.6 Å². The van der Waals surface area contributed by atoms with E-state index in [4.69, 9.17) is 9.84 Å². The SMILES string of the molecule is CCC[C@H](NC(=O)OCc1ccc(CCC(F)(F)C(F)(F)C(F)(F)C(F)(F)F)cc1)C(=O)O. The summed E-state index contributed by atoms with van der Waals surface area (Å²) in [5.41, 5.74) is 0.194. The number of carbonyl (C=O) groups excluding carboxylic acids is 1. The highest BCUT2D eigenvalue weighted by molar-refractivity contribution is 5.79. The maximum atomic E-state index is 13.6. The molecule has 33 heavy (non-hydrogen) atoms. The Morgan fingerprint density at radius 2 is 1.45 bits per heavy atom. The molecule has 5 nitrogen and oxygen atoms in total. The molecule has 0 spiro atoms. The summed E-state index contributed by atoms with van der Waals surface area (Å²) in [5.74, 6) is -20.5. The minimum absolute atomic E-state index is 0.0807. The smallest absolute Gasteiger partial charge is 0.460 e. The van der Waals surface area contributed by atoms with Gasteiger partial charge in [-0.15, -0.1) is 0 Å². The highest BCUT2D eigenvalue weighted by atomic mass is 19.4. The molecule has 0 heterocycles. The first-order valence-corrected chi connectivity index (χ1v) is 9.40. The van der Waals surface area contributed by atoms with Gasteiger partial charge in [0.1, 0.15) is 12.6 Å². The number of aryl methyl sites for hydroxylation is 1. The number of carboxylic acids is 1. The van der Waals surface area contributed by atoms with Crippen LogP contribution in [0.5, 0.6) is 0 Å². The number of amides is 1. The Hall–Kier alpha value is -2.67. The second-order valence-electron chi connectivity index (χ2n) is 7.07. The first-order chi connectivity index (χ1) is 15.0. The zero-order valence-electron chi connectivity index (χ0n) is 17.0. The molecule has 1 rings (SSSR count). The lowest BCUT2D eigenvalue weighted by atomic mass is 9.97. The molecule has 14 heteroatoms. The fraction of sp³-hybridized carbons (Fsp3) is 0.579. The van der Waals surface area contributed by atoms with E-state index >= 15 is 0 Å². The number of aliphatic carboxylic acids is 1. The van der Waals surface area contributed by atoms with Crippen LogP contribution in [0.2, 0.25) is 0 Å². The minimum atomic E-state index is -6.93. The average Bonchev–Trinajstić information content (AvgIpc) is 2.70. The lowest BCUT2D eigenvalue weighted by molar-refractivity contribution is -0.396. The van der Waals surface area contributed by atoms with Gasteiger partial charge in [0.2, 0.25) is 0 Å². The Kier molecular flexibility index (Phi) is 9.03. The van der Waals surface area contributed by atoms with Crippen LogP contribution in [0.3, 0.4) is 0 Å². The Morgan fingerprint density at radius 3 is 1.91 bits per heavy atom. The molecule has 1 aromatic rings. The molecular formula is C19H20F9NO4. The fourth-order valence-electron chi connectivity index (χ4n) is 2.55. The van der Waals surface area contributed by atoms with Gasteiger partial charge in [-0.3, -0.25) is 0 Å². The molecule has 1 amide bonds. The van der Waals surface area contributed by atoms with Crippen molar-refractivity contribution in [2.45, 2.75) is 69.2 Å². The van der Waals surface area contributed by atoms with Crippen LogP contribution in [-0.4, -0.2) is 47.2 Å². The Balaban J connectivity index is 2.70. The largest absolute Gasteiger partial charge is 0.480 e. The summed E-state index contributed by atoms with van der Waals surface area (Å²) in [6.07, 6.45) is -10.2. The number of rotatable bonds is 11. The van der Waals surface area contributed by atoms with Crippen molar-refractivity contribution in [1.29, 1.82) is 0 Å². The van der Waals surface area contributed by atoms with E-state index in [1.807, 2.05) is 0 Å². The Bertz CT molecular complexity index is 810. The summed E-state index contributed by atoms with van der Waals surface area (Å²) in [7, 11) is 0. The number of alkyl halides is 9. The van der Waals surface area contributed by atoms with E-state index in [1.54, 1.807) is 6.92 Å². The van der Waals surface area contributed by atoms with Gasteiger partial charge in [0, 0.05) is 6.42 Å². The summed E-state index contributed by atoms with van der Waals surface area (Å²) in [4.78, 5) is 22.6. The zero-order chi connectivity index (χ0) is 25.7. The maximum Gasteiger partial charge on any atom is 0.460 e. The van der Waals surface area contributed by atoms with Crippen molar-refractivity contribution in [3.05, 3.63) is 35.4 Å². The van der Waals surface area contributed by atoms with Crippen LogP contribution >= 0.6 is 0 Å². The van der Waals surface area contributed by atoms with Crippen LogP contribution in [0, 0.1) is 0 Å². The van der Waals surface area contributed by atoms with Gasteiger partial charge in [0.25, 0.3) is 0 Å². The van der Waals surface area contributed by atoms with Crippen LogP contribution in [0.1, 0.15) is 37.3 Å². The quantitative estimate of drug-likeness (QED) is 0.392. The van der Waals surface area contributed by atoms with Crippen LogP contribution < -0.4 is 5.32 Å². The normalized spacial score (nSPS) is 14.0. The molecule has 0 aliphatic rings. The molecule has 0 fully saturated rings. The van der Waals surface area contributed by atoms with Gasteiger partial charge >= 0.3 is 36.0 Å². The number of alkyl carbamates (subject to hydrolysis) is 1. The first-order valence-electron chi connectivity index (χ1n) is 9.40. The highest BCUT2D eigenvalue weighted by Gasteiger charge is 2.81. The van der Waals surface area contributed by atoms with Gasteiger partial charge in [-0.2, -0.15) is 39.5 Å². The molecular weight excluding hydrogens is 477 g/mol. The van der Waals surface area contributed by atoms with Crippen molar-refractivity contribution in [3.63, 3.8) is 0 Å². The average molecular weight is 497 g/mol.